The maximum Gasteiger partial charge on any atom is 0.359 e. The van der Waals surface area contributed by atoms with E-state index < -0.39 is 23.9 Å². The minimum Gasteiger partial charge on any atom is -0.367 e. The Morgan fingerprint density at radius 3 is 1.38 bits per heavy atom. The van der Waals surface area contributed by atoms with Gasteiger partial charge in [0, 0.05) is 12.2 Å². The van der Waals surface area contributed by atoms with Crippen LogP contribution in [0.15, 0.2) is 22.5 Å². The molecule has 0 atom stereocenters. The van der Waals surface area contributed by atoms with Crippen LogP contribution in [0.1, 0.15) is 0 Å². The predicted octanol–water partition coefficient (Wildman–Crippen LogP) is -2.99. The fourth-order valence-electron chi connectivity index (χ4n) is 0.392. The molecule has 0 aromatic carbocycles. The Bertz CT molecular complexity index is 318. The molecule has 0 rings (SSSR count). The Labute approximate surface area is 89.5 Å². The molecule has 0 bridgehead atoms. The number of nitrogens with two attached hydrogens (primary N) is 4. The number of guanidine groups is 2. The average Bonchev–Trinajstić information content (AvgIpc) is 2.20. The third-order valence-corrected chi connectivity index (χ3v) is 0.838. The van der Waals surface area contributed by atoms with E-state index >= 15 is 0 Å². The molecule has 8 N–H and O–H groups in total. The number of carbonyl (C=O) groups is 2. The maximum absolute atomic E-state index is 10.8. The summed E-state index contributed by atoms with van der Waals surface area (Å²) in [7, 11) is 0. The number of rotatable bonds is 4. The van der Waals surface area contributed by atoms with E-state index in [1.807, 2.05) is 0 Å². The summed E-state index contributed by atoms with van der Waals surface area (Å²) in [6.07, 6.45) is 1.44. The van der Waals surface area contributed by atoms with Crippen LogP contribution in [0.25, 0.3) is 0 Å². The highest BCUT2D eigenvalue weighted by Crippen LogP contribution is 1.86. The van der Waals surface area contributed by atoms with E-state index in [0.29, 0.717) is 0 Å². The van der Waals surface area contributed by atoms with Gasteiger partial charge < -0.3 is 32.6 Å². The predicted molar refractivity (Wildman–Crippen MR) is 52.9 cm³/mol. The zero-order valence-electron chi connectivity index (χ0n) is 7.99. The smallest absolute Gasteiger partial charge is 0.359 e. The van der Waals surface area contributed by atoms with Crippen molar-refractivity contribution >= 4 is 23.9 Å². The number of nitrogens with zero attached hydrogens (tertiary/aromatic N) is 2. The Hall–Kier alpha value is -2.78. The molecule has 0 fully saturated rings. The molecular weight excluding hydrogens is 220 g/mol. The normalized spacial score (nSPS) is 9.25. The van der Waals surface area contributed by atoms with Gasteiger partial charge in [-0.1, -0.05) is 0 Å². The number of oxime groups is 2. The van der Waals surface area contributed by atoms with Crippen LogP contribution in [0.4, 0.5) is 0 Å². The van der Waals surface area contributed by atoms with Gasteiger partial charge in [-0.05, 0) is 10.3 Å². The standard InChI is InChI=1S/C6H10N6O4/c7-5(8)11-15-3(13)1-2-4(14)16-12-6(9)10/h1-2H,(H4,7,8,11)(H4,9,10,12)/b2-1+. The van der Waals surface area contributed by atoms with Crippen LogP contribution >= 0.6 is 0 Å². The summed E-state index contributed by atoms with van der Waals surface area (Å²) < 4.78 is 0. The van der Waals surface area contributed by atoms with Crippen LogP contribution in [0, 0.1) is 0 Å². The molecule has 0 aromatic heterocycles. The molecule has 0 heterocycles. The quantitative estimate of drug-likeness (QED) is 0.129. The molecule has 0 aliphatic heterocycles. The molecule has 0 radical (unpaired) electrons. The van der Waals surface area contributed by atoms with Crippen LogP contribution in [0.3, 0.4) is 0 Å². The summed E-state index contributed by atoms with van der Waals surface area (Å²) in [5, 5.41) is 5.86. The first-order chi connectivity index (χ1) is 7.41. The first-order valence-electron chi connectivity index (χ1n) is 3.69. The number of hydrogen-bond acceptors (Lipinski definition) is 6. The highest BCUT2D eigenvalue weighted by atomic mass is 16.7. The summed E-state index contributed by atoms with van der Waals surface area (Å²) in [5.74, 6) is -2.83. The second kappa shape index (κ2) is 6.64. The maximum atomic E-state index is 10.8. The van der Waals surface area contributed by atoms with Crippen molar-refractivity contribution < 1.29 is 19.3 Å². The van der Waals surface area contributed by atoms with Crippen molar-refractivity contribution in [3.05, 3.63) is 12.2 Å². The fraction of sp³-hybridized carbons (Fsp3) is 0. The van der Waals surface area contributed by atoms with Gasteiger partial charge in [-0.15, -0.1) is 0 Å². The highest BCUT2D eigenvalue weighted by molar-refractivity contribution is 5.92. The Kier molecular flexibility index (Phi) is 5.49. The van der Waals surface area contributed by atoms with Crippen LogP contribution in [0.5, 0.6) is 0 Å². The molecular formula is C6H10N6O4. The van der Waals surface area contributed by atoms with Gasteiger partial charge in [0.25, 0.3) is 0 Å². The van der Waals surface area contributed by atoms with E-state index in [9.17, 15) is 9.59 Å². The van der Waals surface area contributed by atoms with Crippen molar-refractivity contribution in [2.45, 2.75) is 0 Å². The van der Waals surface area contributed by atoms with Crippen molar-refractivity contribution in [1.82, 2.24) is 0 Å². The minimum atomic E-state index is -0.977. The topological polar surface area (TPSA) is 181 Å². The molecule has 88 valence electrons. The lowest BCUT2D eigenvalue weighted by Crippen LogP contribution is -2.23. The first kappa shape index (κ1) is 13.2. The minimum absolute atomic E-state index is 0.440. The second-order valence-corrected chi connectivity index (χ2v) is 2.19. The molecule has 0 amide bonds. The molecule has 0 aliphatic rings. The van der Waals surface area contributed by atoms with Crippen LogP contribution in [-0.2, 0) is 19.3 Å². The molecule has 0 unspecified atom stereocenters. The van der Waals surface area contributed by atoms with Crippen LogP contribution < -0.4 is 22.9 Å². The SMILES string of the molecule is NC(N)=NOC(=O)/C=C/C(=O)ON=C(N)N. The van der Waals surface area contributed by atoms with E-state index in [1.54, 1.807) is 0 Å². The lowest BCUT2D eigenvalue weighted by Gasteiger charge is -1.92. The molecule has 0 saturated carbocycles. The van der Waals surface area contributed by atoms with Gasteiger partial charge in [0.15, 0.2) is 0 Å². The molecule has 0 spiro atoms. The molecule has 0 aromatic rings. The first-order valence-corrected chi connectivity index (χ1v) is 3.69. The fourth-order valence-corrected chi connectivity index (χ4v) is 0.392. The molecule has 16 heavy (non-hydrogen) atoms. The summed E-state index contributed by atoms with van der Waals surface area (Å²) in [6, 6.07) is 0. The van der Waals surface area contributed by atoms with Crippen LogP contribution in [0.2, 0.25) is 0 Å². The molecule has 10 nitrogen and oxygen atoms in total. The lowest BCUT2D eigenvalue weighted by molar-refractivity contribution is -0.140. The number of hydrogen-bond donors (Lipinski definition) is 4. The zero-order valence-corrected chi connectivity index (χ0v) is 7.99. The van der Waals surface area contributed by atoms with E-state index in [0.717, 1.165) is 12.2 Å². The second-order valence-electron chi connectivity index (χ2n) is 2.19. The lowest BCUT2D eigenvalue weighted by atomic mass is 10.5. The third kappa shape index (κ3) is 7.85. The Balaban J connectivity index is 4.08. The summed E-state index contributed by atoms with van der Waals surface area (Å²) in [6.45, 7) is 0. The largest absolute Gasteiger partial charge is 0.367 e. The van der Waals surface area contributed by atoms with Crippen molar-refractivity contribution in [3.8, 4) is 0 Å². The number of carbonyl (C=O) groups excluding carboxylic acids is 2. The van der Waals surface area contributed by atoms with Gasteiger partial charge in [0.2, 0.25) is 11.9 Å². The van der Waals surface area contributed by atoms with E-state index in [4.69, 9.17) is 22.9 Å². The highest BCUT2D eigenvalue weighted by Gasteiger charge is 2.00. The van der Waals surface area contributed by atoms with Crippen molar-refractivity contribution in [2.24, 2.45) is 33.2 Å². The van der Waals surface area contributed by atoms with E-state index in [-0.39, 0.29) is 0 Å². The third-order valence-electron chi connectivity index (χ3n) is 0.838. The van der Waals surface area contributed by atoms with Gasteiger partial charge in [0.1, 0.15) is 0 Å². The van der Waals surface area contributed by atoms with Gasteiger partial charge in [-0.25, -0.2) is 9.59 Å². The molecule has 0 aliphatic carbocycles. The summed E-state index contributed by atoms with van der Waals surface area (Å²) in [4.78, 5) is 29.7. The van der Waals surface area contributed by atoms with Crippen molar-refractivity contribution in [2.75, 3.05) is 0 Å². The van der Waals surface area contributed by atoms with Crippen molar-refractivity contribution in [1.29, 1.82) is 0 Å². The zero-order chi connectivity index (χ0) is 12.6. The Morgan fingerprint density at radius 2 is 1.12 bits per heavy atom. The molecule has 0 saturated heterocycles. The van der Waals surface area contributed by atoms with Gasteiger partial charge in [0.05, 0.1) is 0 Å². The van der Waals surface area contributed by atoms with E-state index in [1.165, 1.54) is 0 Å². The van der Waals surface area contributed by atoms with Gasteiger partial charge >= 0.3 is 11.9 Å². The average molecular weight is 230 g/mol. The van der Waals surface area contributed by atoms with Gasteiger partial charge in [-0.2, -0.15) is 0 Å². The summed E-state index contributed by atoms with van der Waals surface area (Å²) in [5.41, 5.74) is 19.5. The Morgan fingerprint density at radius 1 is 0.812 bits per heavy atom. The summed E-state index contributed by atoms with van der Waals surface area (Å²) >= 11 is 0. The molecule has 10 heteroatoms. The monoisotopic (exact) mass is 230 g/mol. The van der Waals surface area contributed by atoms with Crippen molar-refractivity contribution in [3.63, 3.8) is 0 Å². The van der Waals surface area contributed by atoms with Gasteiger partial charge in [-0.3, -0.25) is 0 Å². The van der Waals surface area contributed by atoms with E-state index in [2.05, 4.69) is 20.0 Å². The van der Waals surface area contributed by atoms with Crippen LogP contribution in [-0.4, -0.2) is 23.9 Å².